The van der Waals surface area contributed by atoms with E-state index in [0.717, 1.165) is 11.4 Å². The van der Waals surface area contributed by atoms with Gasteiger partial charge in [-0.05, 0) is 29.7 Å². The molecule has 4 heteroatoms. The van der Waals surface area contributed by atoms with Crippen molar-refractivity contribution in [3.8, 4) is 0 Å². The fourth-order valence-corrected chi connectivity index (χ4v) is 1.78. The lowest BCUT2D eigenvalue weighted by atomic mass is 10.1. The van der Waals surface area contributed by atoms with Crippen LogP contribution < -0.4 is 0 Å². The molecule has 1 unspecified atom stereocenters. The van der Waals surface area contributed by atoms with Crippen LogP contribution in [-0.4, -0.2) is 14.5 Å². The number of rotatable bonds is 3. The fraction of sp³-hybridized carbons (Fsp3) is 0.200. The van der Waals surface area contributed by atoms with Crippen molar-refractivity contribution >= 4 is 11.5 Å². The van der Waals surface area contributed by atoms with E-state index in [0.29, 0.717) is 6.42 Å². The van der Waals surface area contributed by atoms with E-state index in [1.54, 1.807) is 6.20 Å². The molecule has 2 aromatic heterocycles. The average molecular weight is 206 g/mol. The number of hydrogen-bond donors (Lipinski definition) is 1. The monoisotopic (exact) mass is 206 g/mol. The molecular formula is C10H10N2OS. The molecule has 0 bridgehead atoms. The van der Waals surface area contributed by atoms with Crippen LogP contribution in [0.25, 0.3) is 0 Å². The zero-order chi connectivity index (χ0) is 9.80. The van der Waals surface area contributed by atoms with Crippen molar-refractivity contribution in [3.05, 3.63) is 47.2 Å². The zero-order valence-electron chi connectivity index (χ0n) is 7.50. The van der Waals surface area contributed by atoms with Gasteiger partial charge in [-0.15, -0.1) is 0 Å². The van der Waals surface area contributed by atoms with Crippen LogP contribution in [-0.2, 0) is 6.42 Å². The molecule has 0 aliphatic heterocycles. The molecule has 72 valence electrons. The number of hydrogen-bond acceptors (Lipinski definition) is 4. The second-order valence-corrected chi connectivity index (χ2v) is 3.63. The molecule has 0 aliphatic carbocycles. The highest BCUT2D eigenvalue weighted by atomic mass is 32.1. The Kier molecular flexibility index (Phi) is 2.86. The summed E-state index contributed by atoms with van der Waals surface area (Å²) in [6, 6.07) is 7.50. The summed E-state index contributed by atoms with van der Waals surface area (Å²) < 4.78 is 4.08. The summed E-state index contributed by atoms with van der Waals surface area (Å²) in [6.45, 7) is 0. The Bertz CT molecular complexity index is 374. The number of nitrogens with zero attached hydrogens (tertiary/aromatic N) is 2. The summed E-state index contributed by atoms with van der Waals surface area (Å²) in [6.07, 6.45) is 1.70. The first-order valence-electron chi connectivity index (χ1n) is 4.34. The van der Waals surface area contributed by atoms with Gasteiger partial charge < -0.3 is 5.11 Å². The Hall–Kier alpha value is -1.26. The summed E-state index contributed by atoms with van der Waals surface area (Å²) in [4.78, 5) is 4.14. The molecule has 14 heavy (non-hydrogen) atoms. The third-order valence-electron chi connectivity index (χ3n) is 1.93. The maximum atomic E-state index is 9.77. The topological polar surface area (TPSA) is 46.0 Å². The van der Waals surface area contributed by atoms with Gasteiger partial charge in [-0.1, -0.05) is 6.07 Å². The minimum absolute atomic E-state index is 0.518. The molecule has 1 N–H and O–H groups in total. The second-order valence-electron chi connectivity index (χ2n) is 2.97. The third kappa shape index (κ3) is 2.16. The molecule has 3 nitrogen and oxygen atoms in total. The molecule has 1 atom stereocenters. The number of aliphatic hydroxyl groups excluding tert-OH is 1. The third-order valence-corrected chi connectivity index (χ3v) is 2.50. The first-order valence-corrected chi connectivity index (χ1v) is 5.18. The summed E-state index contributed by atoms with van der Waals surface area (Å²) in [5.41, 5.74) is 1.61. The van der Waals surface area contributed by atoms with Gasteiger partial charge in [0.1, 0.15) is 6.10 Å². The molecule has 2 rings (SSSR count). The lowest BCUT2D eigenvalue weighted by Crippen LogP contribution is -2.02. The molecule has 2 aromatic rings. The maximum Gasteiger partial charge on any atom is 0.103 e. The Morgan fingerprint density at radius 2 is 2.29 bits per heavy atom. The highest BCUT2D eigenvalue weighted by Crippen LogP contribution is 2.16. The van der Waals surface area contributed by atoms with E-state index < -0.39 is 6.10 Å². The molecular weight excluding hydrogens is 196 g/mol. The van der Waals surface area contributed by atoms with E-state index >= 15 is 0 Å². The van der Waals surface area contributed by atoms with E-state index in [1.807, 2.05) is 29.6 Å². The van der Waals surface area contributed by atoms with Crippen LogP contribution in [0.4, 0.5) is 0 Å². The fourth-order valence-electron chi connectivity index (χ4n) is 1.22. The van der Waals surface area contributed by atoms with Crippen molar-refractivity contribution in [1.82, 2.24) is 9.36 Å². The van der Waals surface area contributed by atoms with Gasteiger partial charge in [0, 0.05) is 23.7 Å². The standard InChI is InChI=1S/C10H10N2OS/c13-10(9-4-6-14-12-9)7-8-3-1-2-5-11-8/h1-6,10,13H,7H2. The zero-order valence-corrected chi connectivity index (χ0v) is 8.31. The van der Waals surface area contributed by atoms with Gasteiger partial charge in [0.2, 0.25) is 0 Å². The van der Waals surface area contributed by atoms with E-state index in [2.05, 4.69) is 9.36 Å². The molecule has 0 saturated heterocycles. The van der Waals surface area contributed by atoms with Crippen LogP contribution in [0, 0.1) is 0 Å². The van der Waals surface area contributed by atoms with Crippen LogP contribution >= 0.6 is 11.5 Å². The SMILES string of the molecule is OC(Cc1ccccn1)c1ccsn1. The van der Waals surface area contributed by atoms with Crippen molar-refractivity contribution < 1.29 is 5.11 Å². The lowest BCUT2D eigenvalue weighted by molar-refractivity contribution is 0.173. The minimum atomic E-state index is -0.545. The van der Waals surface area contributed by atoms with Crippen LogP contribution in [0.2, 0.25) is 0 Å². The average Bonchev–Trinajstić information content (AvgIpc) is 2.72. The van der Waals surface area contributed by atoms with E-state index in [1.165, 1.54) is 11.5 Å². The van der Waals surface area contributed by atoms with Gasteiger partial charge in [-0.3, -0.25) is 4.98 Å². The first kappa shape index (κ1) is 9.30. The Morgan fingerprint density at radius 3 is 2.93 bits per heavy atom. The van der Waals surface area contributed by atoms with Crippen molar-refractivity contribution in [2.75, 3.05) is 0 Å². The molecule has 0 aliphatic rings. The molecule has 0 spiro atoms. The van der Waals surface area contributed by atoms with Crippen molar-refractivity contribution in [2.24, 2.45) is 0 Å². The van der Waals surface area contributed by atoms with E-state index in [9.17, 15) is 5.11 Å². The Balaban J connectivity index is 2.06. The molecule has 2 heterocycles. The van der Waals surface area contributed by atoms with Crippen LogP contribution in [0.15, 0.2) is 35.8 Å². The predicted octanol–water partition coefficient (Wildman–Crippen LogP) is 1.81. The maximum absolute atomic E-state index is 9.77. The quantitative estimate of drug-likeness (QED) is 0.833. The molecule has 0 amide bonds. The lowest BCUT2D eigenvalue weighted by Gasteiger charge is -2.06. The van der Waals surface area contributed by atoms with Gasteiger partial charge >= 0.3 is 0 Å². The molecule has 0 saturated carbocycles. The smallest absolute Gasteiger partial charge is 0.103 e. The highest BCUT2D eigenvalue weighted by molar-refractivity contribution is 7.03. The van der Waals surface area contributed by atoms with Crippen LogP contribution in [0.3, 0.4) is 0 Å². The summed E-state index contributed by atoms with van der Waals surface area (Å²) in [5.74, 6) is 0. The Morgan fingerprint density at radius 1 is 1.36 bits per heavy atom. The van der Waals surface area contributed by atoms with Crippen LogP contribution in [0.5, 0.6) is 0 Å². The van der Waals surface area contributed by atoms with Crippen molar-refractivity contribution in [3.63, 3.8) is 0 Å². The highest BCUT2D eigenvalue weighted by Gasteiger charge is 2.10. The number of pyridine rings is 1. The van der Waals surface area contributed by atoms with Crippen molar-refractivity contribution in [2.45, 2.75) is 12.5 Å². The van der Waals surface area contributed by atoms with Gasteiger partial charge in [-0.25, -0.2) is 0 Å². The van der Waals surface area contributed by atoms with Gasteiger partial charge in [0.15, 0.2) is 0 Å². The van der Waals surface area contributed by atoms with Gasteiger partial charge in [0.25, 0.3) is 0 Å². The predicted molar refractivity (Wildman–Crippen MR) is 55.0 cm³/mol. The summed E-state index contributed by atoms with van der Waals surface area (Å²) in [5, 5.41) is 11.6. The van der Waals surface area contributed by atoms with Gasteiger partial charge in [-0.2, -0.15) is 4.37 Å². The molecule has 0 radical (unpaired) electrons. The molecule has 0 aromatic carbocycles. The van der Waals surface area contributed by atoms with Crippen LogP contribution in [0.1, 0.15) is 17.5 Å². The second kappa shape index (κ2) is 4.30. The number of aromatic nitrogens is 2. The largest absolute Gasteiger partial charge is 0.386 e. The normalized spacial score (nSPS) is 12.6. The summed E-state index contributed by atoms with van der Waals surface area (Å²) in [7, 11) is 0. The molecule has 0 fully saturated rings. The van der Waals surface area contributed by atoms with E-state index in [4.69, 9.17) is 0 Å². The summed E-state index contributed by atoms with van der Waals surface area (Å²) >= 11 is 1.35. The first-order chi connectivity index (χ1) is 6.86. The van der Waals surface area contributed by atoms with Crippen molar-refractivity contribution in [1.29, 1.82) is 0 Å². The minimum Gasteiger partial charge on any atom is -0.386 e. The van der Waals surface area contributed by atoms with E-state index in [-0.39, 0.29) is 0 Å². The number of aliphatic hydroxyl groups is 1. The Labute approximate surface area is 86.2 Å². The van der Waals surface area contributed by atoms with Gasteiger partial charge in [0.05, 0.1) is 5.69 Å².